The highest BCUT2D eigenvalue weighted by molar-refractivity contribution is 5.76. The highest BCUT2D eigenvalue weighted by Crippen LogP contribution is 2.33. The van der Waals surface area contributed by atoms with E-state index in [1.807, 2.05) is 0 Å². The third-order valence-corrected chi connectivity index (χ3v) is 18.8. The Morgan fingerprint density at radius 2 is 0.725 bits per heavy atom. The van der Waals surface area contributed by atoms with Crippen LogP contribution in [0.5, 0.6) is 0 Å². The molecule has 12 N–H and O–H groups in total. The van der Waals surface area contributed by atoms with Gasteiger partial charge in [-0.2, -0.15) is 0 Å². The number of aliphatic hydroxyl groups excluding tert-OH is 11. The van der Waals surface area contributed by atoms with Gasteiger partial charge < -0.3 is 89.9 Å². The summed E-state index contributed by atoms with van der Waals surface area (Å²) in [6.07, 6.45) is 36.9. The van der Waals surface area contributed by atoms with Gasteiger partial charge >= 0.3 is 0 Å². The molecule has 0 aromatic heterocycles. The zero-order valence-electron chi connectivity index (χ0n) is 56.8. The Morgan fingerprint density at radius 1 is 0.396 bits per heavy atom. The maximum Gasteiger partial charge on any atom is 0.220 e. The molecule has 0 radical (unpaired) electrons. The van der Waals surface area contributed by atoms with E-state index in [1.54, 1.807) is 0 Å². The number of unbranched alkanes of at least 4 members (excludes halogenated alkanes) is 38. The van der Waals surface area contributed by atoms with Crippen LogP contribution >= 0.6 is 0 Å². The van der Waals surface area contributed by atoms with Crippen molar-refractivity contribution < 1.29 is 89.4 Å². The molecule has 17 atom stereocenters. The number of hydrogen-bond donors (Lipinski definition) is 12. The van der Waals surface area contributed by atoms with E-state index in [-0.39, 0.29) is 18.9 Å². The molecule has 19 nitrogen and oxygen atoms in total. The quantitative estimate of drug-likeness (QED) is 0.0199. The molecule has 536 valence electrons. The third kappa shape index (κ3) is 35.9. The maximum atomic E-state index is 13.3. The lowest BCUT2D eigenvalue weighted by molar-refractivity contribution is -0.379. The van der Waals surface area contributed by atoms with Crippen molar-refractivity contribution in [2.45, 2.75) is 401 Å². The first-order chi connectivity index (χ1) is 44.3. The van der Waals surface area contributed by atoms with E-state index in [9.17, 15) is 61.0 Å². The molecule has 0 saturated carbocycles. The van der Waals surface area contributed by atoms with Gasteiger partial charge in [-0.1, -0.05) is 269 Å². The molecular weight excluding hydrogens is 1170 g/mol. The van der Waals surface area contributed by atoms with Crippen molar-refractivity contribution in [3.05, 3.63) is 24.3 Å². The minimum atomic E-state index is -1.97. The second kappa shape index (κ2) is 54.3. The maximum absolute atomic E-state index is 13.3. The Morgan fingerprint density at radius 3 is 1.12 bits per heavy atom. The van der Waals surface area contributed by atoms with Crippen molar-refractivity contribution >= 4 is 5.91 Å². The predicted octanol–water partition coefficient (Wildman–Crippen LogP) is 10.6. The lowest BCUT2D eigenvalue weighted by Gasteiger charge is -2.48. The first-order valence-electron chi connectivity index (χ1n) is 37.1. The second-order valence-corrected chi connectivity index (χ2v) is 26.8. The van der Waals surface area contributed by atoms with Gasteiger partial charge in [0.05, 0.1) is 38.6 Å². The number of nitrogens with one attached hydrogen (secondary N) is 1. The first kappa shape index (κ1) is 83.5. The standard InChI is InChI=1S/C72H135NO18/c1-3-5-7-9-10-11-12-13-14-15-16-17-18-19-20-21-22-23-24-25-26-27-28-29-30-31-32-33-34-35-36-37-38-39-40-41-42-43-44-46-48-50-60(78)73-55(56(77)49-47-45-8-6-4-2)54-86-70-66(84)63(81)68(58(52-75)88-70)91-72-67(85)64(82)69(59(53-76)89-72)90-71-65(83)62(80)61(79)57(51-74)87-71/h12-13,15-16,55-59,61-72,74-77,79-85H,3-11,14,17-54H2,1-2H3,(H,73,78)/b13-12-,16-15-. The van der Waals surface area contributed by atoms with Crippen LogP contribution in [-0.4, -0.2) is 193 Å². The fraction of sp³-hybridized carbons (Fsp3) is 0.931. The molecule has 3 aliphatic rings. The van der Waals surface area contributed by atoms with E-state index in [0.717, 1.165) is 57.8 Å². The number of amides is 1. The van der Waals surface area contributed by atoms with Crippen molar-refractivity contribution in [2.24, 2.45) is 0 Å². The van der Waals surface area contributed by atoms with E-state index in [1.165, 1.54) is 205 Å². The van der Waals surface area contributed by atoms with Crippen molar-refractivity contribution in [3.8, 4) is 0 Å². The van der Waals surface area contributed by atoms with Crippen LogP contribution in [0.3, 0.4) is 0 Å². The number of allylic oxidation sites excluding steroid dienone is 4. The Bertz CT molecular complexity index is 1750. The molecule has 0 aliphatic carbocycles. The Balaban J connectivity index is 1.19. The van der Waals surface area contributed by atoms with E-state index in [4.69, 9.17) is 28.4 Å². The Kier molecular flexibility index (Phi) is 49.8. The van der Waals surface area contributed by atoms with Crippen LogP contribution in [0.25, 0.3) is 0 Å². The summed E-state index contributed by atoms with van der Waals surface area (Å²) < 4.78 is 34.2. The monoisotopic (exact) mass is 1300 g/mol. The molecule has 0 bridgehead atoms. The number of aliphatic hydroxyl groups is 11. The van der Waals surface area contributed by atoms with E-state index < -0.39 is 124 Å². The summed E-state index contributed by atoms with van der Waals surface area (Å²) in [5.74, 6) is -0.245. The largest absolute Gasteiger partial charge is 0.394 e. The molecule has 3 saturated heterocycles. The molecule has 0 aromatic rings. The van der Waals surface area contributed by atoms with Crippen molar-refractivity contribution in [2.75, 3.05) is 26.4 Å². The summed E-state index contributed by atoms with van der Waals surface area (Å²) >= 11 is 0. The van der Waals surface area contributed by atoms with Crippen molar-refractivity contribution in [3.63, 3.8) is 0 Å². The molecule has 3 fully saturated rings. The van der Waals surface area contributed by atoms with Crippen LogP contribution in [-0.2, 0) is 33.2 Å². The summed E-state index contributed by atoms with van der Waals surface area (Å²) in [4.78, 5) is 13.3. The summed E-state index contributed by atoms with van der Waals surface area (Å²) in [6, 6.07) is -0.880. The normalized spacial score (nSPS) is 27.9. The molecule has 91 heavy (non-hydrogen) atoms. The molecule has 0 aromatic carbocycles. The zero-order valence-corrected chi connectivity index (χ0v) is 56.8. The van der Waals surface area contributed by atoms with Gasteiger partial charge in [0.25, 0.3) is 0 Å². The van der Waals surface area contributed by atoms with Gasteiger partial charge in [0.2, 0.25) is 5.91 Å². The number of carbonyl (C=O) groups excluding carboxylic acids is 1. The average Bonchev–Trinajstić information content (AvgIpc) is 0.864. The summed E-state index contributed by atoms with van der Waals surface area (Å²) in [6.45, 7) is 1.69. The van der Waals surface area contributed by atoms with Crippen LogP contribution in [0.1, 0.15) is 296 Å². The minimum Gasteiger partial charge on any atom is -0.394 e. The molecule has 19 heteroatoms. The Hall–Kier alpha value is -1.73. The molecule has 1 amide bonds. The van der Waals surface area contributed by atoms with Crippen LogP contribution in [0.15, 0.2) is 24.3 Å². The number of hydrogen-bond acceptors (Lipinski definition) is 18. The van der Waals surface area contributed by atoms with Gasteiger partial charge in [0.1, 0.15) is 73.2 Å². The third-order valence-electron chi connectivity index (χ3n) is 18.8. The summed E-state index contributed by atoms with van der Waals surface area (Å²) in [5.41, 5.74) is 0. The van der Waals surface area contributed by atoms with E-state index in [0.29, 0.717) is 12.8 Å². The molecular formula is C72H135NO18. The van der Waals surface area contributed by atoms with Crippen LogP contribution in [0.2, 0.25) is 0 Å². The lowest BCUT2D eigenvalue weighted by Crippen LogP contribution is -2.66. The lowest BCUT2D eigenvalue weighted by atomic mass is 9.96. The smallest absolute Gasteiger partial charge is 0.220 e. The highest BCUT2D eigenvalue weighted by Gasteiger charge is 2.53. The molecule has 3 heterocycles. The number of carbonyl (C=O) groups is 1. The number of ether oxygens (including phenoxy) is 6. The van der Waals surface area contributed by atoms with E-state index >= 15 is 0 Å². The van der Waals surface area contributed by atoms with Gasteiger partial charge in [-0.05, 0) is 44.9 Å². The van der Waals surface area contributed by atoms with Crippen LogP contribution < -0.4 is 5.32 Å². The zero-order chi connectivity index (χ0) is 66.1. The predicted molar refractivity (Wildman–Crippen MR) is 356 cm³/mol. The fourth-order valence-corrected chi connectivity index (χ4v) is 12.8. The van der Waals surface area contributed by atoms with Crippen LogP contribution in [0, 0.1) is 0 Å². The first-order valence-corrected chi connectivity index (χ1v) is 37.1. The fourth-order valence-electron chi connectivity index (χ4n) is 12.8. The summed E-state index contributed by atoms with van der Waals surface area (Å²) in [7, 11) is 0. The summed E-state index contributed by atoms with van der Waals surface area (Å²) in [5, 5.41) is 120. The van der Waals surface area contributed by atoms with Gasteiger partial charge in [0.15, 0.2) is 18.9 Å². The molecule has 0 spiro atoms. The SMILES string of the molecule is CCCCCCC/C=C\C/C=C\CCCCCCCCCCCCCCCCCCCCCCCCCCCCCCCC(=O)NC(COC1OC(CO)C(OC2OC(CO)C(OC3OC(CO)C(O)C(O)C3O)C(O)C2O)C(O)C1O)C(O)CCCCCCC. The van der Waals surface area contributed by atoms with Gasteiger partial charge in [-0.15, -0.1) is 0 Å². The number of rotatable bonds is 58. The second-order valence-electron chi connectivity index (χ2n) is 26.8. The minimum absolute atomic E-state index is 0.245. The van der Waals surface area contributed by atoms with Crippen molar-refractivity contribution in [1.29, 1.82) is 0 Å². The topological polar surface area (TPSA) is 307 Å². The molecule has 3 rings (SSSR count). The van der Waals surface area contributed by atoms with E-state index in [2.05, 4.69) is 43.5 Å². The van der Waals surface area contributed by atoms with Gasteiger partial charge in [-0.3, -0.25) is 4.79 Å². The van der Waals surface area contributed by atoms with Gasteiger partial charge in [-0.25, -0.2) is 0 Å². The van der Waals surface area contributed by atoms with Gasteiger partial charge in [0, 0.05) is 6.42 Å². The van der Waals surface area contributed by atoms with Crippen LogP contribution in [0.4, 0.5) is 0 Å². The molecule has 3 aliphatic heterocycles. The molecule has 17 unspecified atom stereocenters. The Labute approximate surface area is 549 Å². The van der Waals surface area contributed by atoms with Crippen molar-refractivity contribution in [1.82, 2.24) is 5.32 Å². The average molecular weight is 1300 g/mol. The highest BCUT2D eigenvalue weighted by atomic mass is 16.8.